The van der Waals surface area contributed by atoms with Crippen LogP contribution in [0.2, 0.25) is 0 Å². The molecule has 0 fully saturated rings. The maximum atomic E-state index is 15.0. The number of nitro groups is 1. The van der Waals surface area contributed by atoms with E-state index < -0.39 is 39.9 Å². The van der Waals surface area contributed by atoms with Gasteiger partial charge in [0.1, 0.15) is 17.1 Å². The number of carbonyl (C=O) groups is 1. The number of esters is 1. The Kier molecular flexibility index (Phi) is 8.41. The van der Waals surface area contributed by atoms with Gasteiger partial charge in [0.05, 0.1) is 22.5 Å². The van der Waals surface area contributed by atoms with Crippen LogP contribution in [0.15, 0.2) is 77.0 Å². The third-order valence-corrected chi connectivity index (χ3v) is 5.57. The van der Waals surface area contributed by atoms with Crippen molar-refractivity contribution in [1.82, 2.24) is 9.97 Å². The van der Waals surface area contributed by atoms with Crippen molar-refractivity contribution in [3.05, 3.63) is 111 Å². The van der Waals surface area contributed by atoms with E-state index in [1.165, 1.54) is 12.1 Å². The number of carbonyl (C=O) groups excluding carboxylic acids is 1. The molecule has 0 amide bonds. The Hall–Kier alpha value is -5.07. The Balaban J connectivity index is 1.81. The van der Waals surface area contributed by atoms with Gasteiger partial charge in [0.2, 0.25) is 11.6 Å². The fourth-order valence-electron chi connectivity index (χ4n) is 3.76. The number of rotatable bonds is 8. The molecule has 2 aromatic heterocycles. The number of nitro benzene ring substituents is 1. The van der Waals surface area contributed by atoms with E-state index in [0.717, 1.165) is 36.0 Å². The second-order valence-corrected chi connectivity index (χ2v) is 9.99. The van der Waals surface area contributed by atoms with Crippen LogP contribution in [0.25, 0.3) is 17.3 Å². The summed E-state index contributed by atoms with van der Waals surface area (Å²) in [5.74, 6) is -3.56. The van der Waals surface area contributed by atoms with E-state index in [1.54, 1.807) is 51.1 Å². The number of furan rings is 1. The van der Waals surface area contributed by atoms with Crippen molar-refractivity contribution in [2.24, 2.45) is 0 Å². The van der Waals surface area contributed by atoms with Gasteiger partial charge < -0.3 is 14.5 Å². The molecule has 0 aliphatic carbocycles. The molecule has 1 N–H and O–H groups in total. The number of halogens is 4. The van der Waals surface area contributed by atoms with Crippen molar-refractivity contribution >= 4 is 23.6 Å². The number of aromatic nitrogens is 2. The van der Waals surface area contributed by atoms with Crippen LogP contribution in [-0.4, -0.2) is 26.5 Å². The zero-order valence-electron chi connectivity index (χ0n) is 22.5. The molecule has 2 heterocycles. The van der Waals surface area contributed by atoms with Crippen molar-refractivity contribution in [3.8, 4) is 11.3 Å². The van der Waals surface area contributed by atoms with Crippen LogP contribution in [0.5, 0.6) is 0 Å². The number of nitrogens with zero attached hydrogens (tertiary/aromatic N) is 3. The molecule has 4 aromatic rings. The molecule has 9 nitrogen and oxygen atoms in total. The second kappa shape index (κ2) is 11.8. The first-order valence-electron chi connectivity index (χ1n) is 12.4. The lowest BCUT2D eigenvalue weighted by molar-refractivity contribution is -0.387. The zero-order chi connectivity index (χ0) is 30.7. The van der Waals surface area contributed by atoms with Crippen molar-refractivity contribution in [2.75, 3.05) is 5.32 Å². The Bertz CT molecular complexity index is 1640. The summed E-state index contributed by atoms with van der Waals surface area (Å²) in [4.78, 5) is 32.3. The fraction of sp³-hybridized carbons (Fsp3) is 0.207. The summed E-state index contributed by atoms with van der Waals surface area (Å²) in [6, 6.07) is 14.3. The average Bonchev–Trinajstić information content (AvgIpc) is 3.38. The predicted molar refractivity (Wildman–Crippen MR) is 144 cm³/mol. The first-order valence-corrected chi connectivity index (χ1v) is 12.4. The molecular formula is C29H24F4N4O5. The van der Waals surface area contributed by atoms with Crippen molar-refractivity contribution in [1.29, 1.82) is 0 Å². The van der Waals surface area contributed by atoms with E-state index in [0.29, 0.717) is 0 Å². The number of ether oxygens (including phenoxy) is 1. The minimum atomic E-state index is -4.74. The molecule has 0 spiro atoms. The average molecular weight is 585 g/mol. The van der Waals surface area contributed by atoms with Gasteiger partial charge in [0.25, 0.3) is 0 Å². The van der Waals surface area contributed by atoms with E-state index in [1.807, 2.05) is 0 Å². The van der Waals surface area contributed by atoms with Crippen LogP contribution < -0.4 is 5.32 Å². The maximum absolute atomic E-state index is 15.0. The molecule has 13 heteroatoms. The monoisotopic (exact) mass is 584 g/mol. The first kappa shape index (κ1) is 29.9. The molecule has 0 saturated heterocycles. The Morgan fingerprint density at radius 3 is 2.40 bits per heavy atom. The molecule has 218 valence electrons. The number of nitrogens with one attached hydrogen (secondary N) is 1. The molecule has 42 heavy (non-hydrogen) atoms. The molecule has 0 aliphatic heterocycles. The van der Waals surface area contributed by atoms with Gasteiger partial charge in [-0.3, -0.25) is 10.1 Å². The van der Waals surface area contributed by atoms with Crippen molar-refractivity contribution in [2.45, 2.75) is 39.0 Å². The third kappa shape index (κ3) is 7.36. The van der Waals surface area contributed by atoms with Gasteiger partial charge in [-0.05, 0) is 44.5 Å². The molecule has 0 aliphatic rings. The van der Waals surface area contributed by atoms with Gasteiger partial charge >= 0.3 is 17.8 Å². The molecule has 0 atom stereocenters. The SMILES string of the molecule is CC(C)(C)OC(=O)/C(=C/c1ccc(C(F)(F)F)o1)Nc1ncc(-c2cccc([N+](=O)[O-])c2F)nc1Cc1ccccc1. The van der Waals surface area contributed by atoms with E-state index in [9.17, 15) is 32.5 Å². The third-order valence-electron chi connectivity index (χ3n) is 5.57. The minimum Gasteiger partial charge on any atom is -0.455 e. The van der Waals surface area contributed by atoms with E-state index >= 15 is 0 Å². The Morgan fingerprint density at radius 2 is 1.79 bits per heavy atom. The molecule has 0 saturated carbocycles. The van der Waals surface area contributed by atoms with E-state index in [-0.39, 0.29) is 40.6 Å². The maximum Gasteiger partial charge on any atom is 0.449 e. The Labute approximate surface area is 237 Å². The highest BCUT2D eigenvalue weighted by molar-refractivity contribution is 5.96. The summed E-state index contributed by atoms with van der Waals surface area (Å²) in [6.07, 6.45) is -2.43. The fourth-order valence-corrected chi connectivity index (χ4v) is 3.76. The van der Waals surface area contributed by atoms with Crippen LogP contribution in [0.4, 0.5) is 29.1 Å². The number of hydrogen-bond acceptors (Lipinski definition) is 8. The van der Waals surface area contributed by atoms with Gasteiger partial charge in [-0.25, -0.2) is 14.8 Å². The molecular weight excluding hydrogens is 560 g/mol. The van der Waals surface area contributed by atoms with Crippen LogP contribution >= 0.6 is 0 Å². The highest BCUT2D eigenvalue weighted by Gasteiger charge is 2.35. The number of anilines is 1. The van der Waals surface area contributed by atoms with Crippen LogP contribution in [0.3, 0.4) is 0 Å². The van der Waals surface area contributed by atoms with E-state index in [4.69, 9.17) is 9.15 Å². The smallest absolute Gasteiger partial charge is 0.449 e. The van der Waals surface area contributed by atoms with Crippen LogP contribution in [-0.2, 0) is 22.1 Å². The van der Waals surface area contributed by atoms with Gasteiger partial charge in [-0.2, -0.15) is 17.6 Å². The number of hydrogen-bond donors (Lipinski definition) is 1. The zero-order valence-corrected chi connectivity index (χ0v) is 22.5. The van der Waals surface area contributed by atoms with Crippen LogP contribution in [0.1, 0.15) is 43.5 Å². The Morgan fingerprint density at radius 1 is 1.07 bits per heavy atom. The summed E-state index contributed by atoms with van der Waals surface area (Å²) in [7, 11) is 0. The van der Waals surface area contributed by atoms with Crippen molar-refractivity contribution in [3.63, 3.8) is 0 Å². The molecule has 0 bridgehead atoms. The largest absolute Gasteiger partial charge is 0.455 e. The lowest BCUT2D eigenvalue weighted by Crippen LogP contribution is -2.27. The first-order chi connectivity index (χ1) is 19.7. The number of alkyl halides is 3. The minimum absolute atomic E-state index is 0.00755. The van der Waals surface area contributed by atoms with Crippen molar-refractivity contribution < 1.29 is 36.4 Å². The standard InChI is InChI=1S/C29H24F4N4O5/c1-28(2,3)42-27(38)21(15-18-12-13-24(41-18)29(31,32)33)36-26-20(14-17-8-5-4-6-9-17)35-22(16-34-26)19-10-7-11-23(25(19)30)37(39)40/h4-13,15-16H,14H2,1-3H3,(H,34,36)/b21-15-. The molecule has 0 radical (unpaired) electrons. The lowest BCUT2D eigenvalue weighted by atomic mass is 10.1. The number of benzene rings is 2. The highest BCUT2D eigenvalue weighted by Crippen LogP contribution is 2.32. The molecule has 0 unspecified atom stereocenters. The van der Waals surface area contributed by atoms with E-state index in [2.05, 4.69) is 15.3 Å². The topological polar surface area (TPSA) is 120 Å². The molecule has 2 aromatic carbocycles. The van der Waals surface area contributed by atoms with Gasteiger partial charge in [0.15, 0.2) is 5.82 Å². The van der Waals surface area contributed by atoms with Gasteiger partial charge in [-0.15, -0.1) is 0 Å². The predicted octanol–water partition coefficient (Wildman–Crippen LogP) is 7.19. The van der Waals surface area contributed by atoms with Gasteiger partial charge in [0, 0.05) is 24.1 Å². The van der Waals surface area contributed by atoms with Gasteiger partial charge in [-0.1, -0.05) is 36.4 Å². The molecule has 4 rings (SSSR count). The normalized spacial score (nSPS) is 12.2. The summed E-state index contributed by atoms with van der Waals surface area (Å²) >= 11 is 0. The quantitative estimate of drug-likeness (QED) is 0.0760. The highest BCUT2D eigenvalue weighted by atomic mass is 19.4. The van der Waals surface area contributed by atoms with Crippen LogP contribution in [0, 0.1) is 15.9 Å². The summed E-state index contributed by atoms with van der Waals surface area (Å²) in [5.41, 5.74) is -1.24. The summed E-state index contributed by atoms with van der Waals surface area (Å²) in [5, 5.41) is 14.0. The summed E-state index contributed by atoms with van der Waals surface area (Å²) in [6.45, 7) is 4.83. The second-order valence-electron chi connectivity index (χ2n) is 9.99. The lowest BCUT2D eigenvalue weighted by Gasteiger charge is -2.21. The summed E-state index contributed by atoms with van der Waals surface area (Å²) < 4.78 is 64.6.